The van der Waals surface area contributed by atoms with Gasteiger partial charge in [0.2, 0.25) is 18.6 Å². The first-order valence-corrected chi connectivity index (χ1v) is 11.5. The molecule has 1 saturated heterocycles. The quantitative estimate of drug-likeness (QED) is 0.698. The Morgan fingerprint density at radius 2 is 1.84 bits per heavy atom. The molecule has 166 valence electrons. The molecule has 1 N–H and O–H groups in total. The lowest BCUT2D eigenvalue weighted by molar-refractivity contribution is -0.134. The van der Waals surface area contributed by atoms with Crippen LogP contribution < -0.4 is 19.7 Å². The van der Waals surface area contributed by atoms with Gasteiger partial charge in [-0.25, -0.2) is 0 Å². The topological polar surface area (TPSA) is 88.2 Å². The van der Waals surface area contributed by atoms with Crippen LogP contribution in [-0.2, 0) is 20.9 Å². The molecule has 0 spiro atoms. The van der Waals surface area contributed by atoms with Gasteiger partial charge in [0, 0.05) is 24.5 Å². The van der Waals surface area contributed by atoms with Crippen molar-refractivity contribution in [2.75, 3.05) is 31.3 Å². The van der Waals surface area contributed by atoms with Crippen LogP contribution in [0.4, 0.5) is 5.69 Å². The van der Waals surface area contributed by atoms with E-state index >= 15 is 0 Å². The Balaban J connectivity index is 1.29. The number of nitrogens with zero attached hydrogens (tertiary/aromatic N) is 2. The highest BCUT2D eigenvalue weighted by molar-refractivity contribution is 8.01. The molecule has 3 aliphatic rings. The summed E-state index contributed by atoms with van der Waals surface area (Å²) >= 11 is 1.27. The molecule has 2 aromatic rings. The molecule has 3 amide bonds. The van der Waals surface area contributed by atoms with E-state index in [2.05, 4.69) is 5.32 Å². The number of benzene rings is 2. The molecule has 32 heavy (non-hydrogen) atoms. The highest BCUT2D eigenvalue weighted by Gasteiger charge is 2.41. The molecule has 0 radical (unpaired) electrons. The second-order valence-corrected chi connectivity index (χ2v) is 9.03. The van der Waals surface area contributed by atoms with E-state index in [-0.39, 0.29) is 31.1 Å². The fourth-order valence-electron chi connectivity index (χ4n) is 4.09. The standard InChI is InChI=1S/C23H23N3O5S/c27-20(24-12-15-7-8-17-18(11-15)31-14-30-17)13-26-16-5-1-2-6-19(16)32-21(23(26)29)22(28)25-9-3-4-10-25/h1-2,5-8,11,21H,3-4,9-10,12-14H2,(H,24,27)/t21-/m1/s1. The maximum Gasteiger partial charge on any atom is 0.250 e. The van der Waals surface area contributed by atoms with Crippen LogP contribution in [0.1, 0.15) is 18.4 Å². The Hall–Kier alpha value is -3.20. The number of hydrogen-bond donors (Lipinski definition) is 1. The van der Waals surface area contributed by atoms with Crippen molar-refractivity contribution >= 4 is 35.2 Å². The normalized spacial score (nSPS) is 19.1. The smallest absolute Gasteiger partial charge is 0.250 e. The Kier molecular flexibility index (Phi) is 5.65. The van der Waals surface area contributed by atoms with Gasteiger partial charge in [-0.1, -0.05) is 18.2 Å². The van der Waals surface area contributed by atoms with Gasteiger partial charge in [0.1, 0.15) is 6.54 Å². The van der Waals surface area contributed by atoms with E-state index < -0.39 is 5.25 Å². The van der Waals surface area contributed by atoms with Crippen molar-refractivity contribution in [3.63, 3.8) is 0 Å². The number of rotatable bonds is 5. The largest absolute Gasteiger partial charge is 0.454 e. The van der Waals surface area contributed by atoms with E-state index in [4.69, 9.17) is 9.47 Å². The zero-order valence-electron chi connectivity index (χ0n) is 17.4. The Labute approximate surface area is 189 Å². The third-order valence-corrected chi connectivity index (χ3v) is 7.00. The molecule has 9 heteroatoms. The van der Waals surface area contributed by atoms with E-state index in [0.717, 1.165) is 23.3 Å². The molecule has 5 rings (SSSR count). The number of likely N-dealkylation sites (tertiary alicyclic amines) is 1. The van der Waals surface area contributed by atoms with Crippen molar-refractivity contribution < 1.29 is 23.9 Å². The van der Waals surface area contributed by atoms with Gasteiger partial charge in [-0.05, 0) is 42.7 Å². The van der Waals surface area contributed by atoms with Crippen molar-refractivity contribution in [1.82, 2.24) is 10.2 Å². The van der Waals surface area contributed by atoms with Crippen LogP contribution >= 0.6 is 11.8 Å². The van der Waals surface area contributed by atoms with Crippen LogP contribution in [0, 0.1) is 0 Å². The molecule has 1 atom stereocenters. The number of carbonyl (C=O) groups is 3. The second kappa shape index (κ2) is 8.74. The van der Waals surface area contributed by atoms with E-state index in [1.807, 2.05) is 36.4 Å². The molecule has 0 saturated carbocycles. The SMILES string of the molecule is O=C(CN1C(=O)[C@@H](C(=O)N2CCCC2)Sc2ccccc21)NCc1ccc2c(c1)OCO2. The minimum atomic E-state index is -0.857. The third-order valence-electron chi connectivity index (χ3n) is 5.76. The molecule has 0 aliphatic carbocycles. The first-order valence-electron chi connectivity index (χ1n) is 10.6. The maximum atomic E-state index is 13.3. The summed E-state index contributed by atoms with van der Waals surface area (Å²) in [6.45, 7) is 1.70. The van der Waals surface area contributed by atoms with Crippen molar-refractivity contribution in [2.45, 2.75) is 29.5 Å². The lowest BCUT2D eigenvalue weighted by atomic mass is 10.2. The number of anilines is 1. The van der Waals surface area contributed by atoms with Gasteiger partial charge in [0.05, 0.1) is 5.69 Å². The predicted molar refractivity (Wildman–Crippen MR) is 119 cm³/mol. The Morgan fingerprint density at radius 3 is 2.69 bits per heavy atom. The monoisotopic (exact) mass is 453 g/mol. The summed E-state index contributed by atoms with van der Waals surface area (Å²) in [4.78, 5) is 43.0. The van der Waals surface area contributed by atoms with Gasteiger partial charge >= 0.3 is 0 Å². The lowest BCUT2D eigenvalue weighted by Crippen LogP contribution is -2.51. The van der Waals surface area contributed by atoms with Gasteiger partial charge in [-0.2, -0.15) is 0 Å². The number of para-hydroxylation sites is 1. The van der Waals surface area contributed by atoms with Crippen molar-refractivity contribution in [3.05, 3.63) is 48.0 Å². The number of fused-ring (bicyclic) bond motifs is 2. The van der Waals surface area contributed by atoms with Crippen LogP contribution in [0.25, 0.3) is 0 Å². The van der Waals surface area contributed by atoms with Crippen LogP contribution in [0.3, 0.4) is 0 Å². The number of carbonyl (C=O) groups excluding carboxylic acids is 3. The predicted octanol–water partition coefficient (Wildman–Crippen LogP) is 2.16. The zero-order chi connectivity index (χ0) is 22.1. The van der Waals surface area contributed by atoms with E-state index in [9.17, 15) is 14.4 Å². The number of hydrogen-bond acceptors (Lipinski definition) is 6. The average molecular weight is 454 g/mol. The molecule has 8 nitrogen and oxygen atoms in total. The number of amides is 3. The molecule has 0 unspecified atom stereocenters. The average Bonchev–Trinajstić information content (AvgIpc) is 3.51. The second-order valence-electron chi connectivity index (χ2n) is 7.89. The first-order chi connectivity index (χ1) is 15.6. The van der Waals surface area contributed by atoms with Gasteiger partial charge in [0.25, 0.3) is 5.91 Å². The molecule has 0 aromatic heterocycles. The summed E-state index contributed by atoms with van der Waals surface area (Å²) in [6.07, 6.45) is 1.92. The summed E-state index contributed by atoms with van der Waals surface area (Å²) in [5, 5.41) is 2.00. The molecular weight excluding hydrogens is 430 g/mol. The fraction of sp³-hybridized carbons (Fsp3) is 0.348. The van der Waals surface area contributed by atoms with Crippen molar-refractivity contribution in [2.24, 2.45) is 0 Å². The lowest BCUT2D eigenvalue weighted by Gasteiger charge is -2.34. The number of ether oxygens (including phenoxy) is 2. The highest BCUT2D eigenvalue weighted by Crippen LogP contribution is 2.40. The molecule has 2 aromatic carbocycles. The molecular formula is C23H23N3O5S. The highest BCUT2D eigenvalue weighted by atomic mass is 32.2. The molecule has 1 fully saturated rings. The summed E-state index contributed by atoms with van der Waals surface area (Å²) in [5.74, 6) is 0.519. The van der Waals surface area contributed by atoms with Crippen LogP contribution in [0.5, 0.6) is 11.5 Å². The molecule has 3 heterocycles. The summed E-state index contributed by atoms with van der Waals surface area (Å²) in [5.41, 5.74) is 1.52. The maximum absolute atomic E-state index is 13.3. The van der Waals surface area contributed by atoms with Gasteiger partial charge in [-0.3, -0.25) is 14.4 Å². The Morgan fingerprint density at radius 1 is 1.06 bits per heavy atom. The van der Waals surface area contributed by atoms with Gasteiger partial charge < -0.3 is 24.6 Å². The summed E-state index contributed by atoms with van der Waals surface area (Å²) in [7, 11) is 0. The fourth-order valence-corrected chi connectivity index (χ4v) is 5.28. The zero-order valence-corrected chi connectivity index (χ0v) is 18.2. The van der Waals surface area contributed by atoms with Gasteiger partial charge in [-0.15, -0.1) is 11.8 Å². The number of nitrogens with one attached hydrogen (secondary N) is 1. The van der Waals surface area contributed by atoms with E-state index in [1.165, 1.54) is 16.7 Å². The minimum absolute atomic E-state index is 0.148. The summed E-state index contributed by atoms with van der Waals surface area (Å²) < 4.78 is 10.7. The van der Waals surface area contributed by atoms with Crippen LogP contribution in [0.15, 0.2) is 47.4 Å². The molecule has 3 aliphatic heterocycles. The minimum Gasteiger partial charge on any atom is -0.454 e. The van der Waals surface area contributed by atoms with Crippen LogP contribution in [-0.4, -0.2) is 54.3 Å². The van der Waals surface area contributed by atoms with E-state index in [1.54, 1.807) is 11.0 Å². The Bertz CT molecular complexity index is 1070. The van der Waals surface area contributed by atoms with Crippen molar-refractivity contribution in [3.8, 4) is 11.5 Å². The van der Waals surface area contributed by atoms with Crippen LogP contribution in [0.2, 0.25) is 0 Å². The van der Waals surface area contributed by atoms with E-state index in [0.29, 0.717) is 36.8 Å². The van der Waals surface area contributed by atoms with Crippen molar-refractivity contribution in [1.29, 1.82) is 0 Å². The molecule has 0 bridgehead atoms. The van der Waals surface area contributed by atoms with Gasteiger partial charge in [0.15, 0.2) is 16.7 Å². The third kappa shape index (κ3) is 4.00. The summed E-state index contributed by atoms with van der Waals surface area (Å²) in [6, 6.07) is 12.9. The first kappa shape index (κ1) is 20.7. The number of thioether (sulfide) groups is 1.